The summed E-state index contributed by atoms with van der Waals surface area (Å²) >= 11 is 0. The fraction of sp³-hybridized carbons (Fsp3) is 0.0769. The van der Waals surface area contributed by atoms with Crippen molar-refractivity contribution in [3.8, 4) is 17.4 Å². The summed E-state index contributed by atoms with van der Waals surface area (Å²) in [7, 11) is 1.50. The van der Waals surface area contributed by atoms with Crippen LogP contribution in [0.5, 0.6) is 17.4 Å². The van der Waals surface area contributed by atoms with E-state index in [1.54, 1.807) is 24.3 Å². The largest absolute Gasteiger partial charge is 0.497 e. The van der Waals surface area contributed by atoms with Crippen molar-refractivity contribution in [2.75, 3.05) is 7.11 Å². The molecule has 0 unspecified atom stereocenters. The van der Waals surface area contributed by atoms with E-state index in [9.17, 15) is 9.18 Å². The summed E-state index contributed by atoms with van der Waals surface area (Å²) in [5.41, 5.74) is -0.345. The SMILES string of the molecule is COc1cccc(Oc2ncc(F)cc2C(=O)O)c1. The molecule has 0 aliphatic heterocycles. The number of carboxylic acids is 1. The van der Waals surface area contributed by atoms with Gasteiger partial charge in [0.25, 0.3) is 0 Å². The van der Waals surface area contributed by atoms with Gasteiger partial charge in [-0.2, -0.15) is 0 Å². The second-order valence-corrected chi connectivity index (χ2v) is 3.59. The first kappa shape index (κ1) is 12.8. The van der Waals surface area contributed by atoms with E-state index in [0.717, 1.165) is 12.3 Å². The van der Waals surface area contributed by atoms with Crippen molar-refractivity contribution in [1.29, 1.82) is 0 Å². The summed E-state index contributed by atoms with van der Waals surface area (Å²) in [5.74, 6) is -1.33. The third-order valence-electron chi connectivity index (χ3n) is 2.30. The lowest BCUT2D eigenvalue weighted by Gasteiger charge is -2.08. The molecule has 1 aromatic carbocycles. The molecule has 0 fully saturated rings. The van der Waals surface area contributed by atoms with Crippen molar-refractivity contribution < 1.29 is 23.8 Å². The lowest BCUT2D eigenvalue weighted by molar-refractivity contribution is 0.0692. The molecule has 1 heterocycles. The number of aromatic nitrogens is 1. The Hall–Kier alpha value is -2.63. The van der Waals surface area contributed by atoms with Gasteiger partial charge in [-0.3, -0.25) is 0 Å². The predicted molar refractivity (Wildman–Crippen MR) is 64.2 cm³/mol. The normalized spacial score (nSPS) is 10.0. The maximum Gasteiger partial charge on any atom is 0.341 e. The summed E-state index contributed by atoms with van der Waals surface area (Å²) in [6.07, 6.45) is 0.891. The van der Waals surface area contributed by atoms with Crippen LogP contribution >= 0.6 is 0 Å². The molecule has 2 aromatic rings. The van der Waals surface area contributed by atoms with Crippen LogP contribution in [0, 0.1) is 5.82 Å². The Bertz CT molecular complexity index is 615. The Balaban J connectivity index is 2.34. The Labute approximate surface area is 108 Å². The topological polar surface area (TPSA) is 68.7 Å². The smallest absolute Gasteiger partial charge is 0.341 e. The molecule has 0 saturated heterocycles. The number of rotatable bonds is 4. The average Bonchev–Trinajstić information content (AvgIpc) is 2.41. The van der Waals surface area contributed by atoms with Gasteiger partial charge in [-0.25, -0.2) is 14.2 Å². The Morgan fingerprint density at radius 3 is 2.74 bits per heavy atom. The molecule has 0 radical (unpaired) electrons. The van der Waals surface area contributed by atoms with Crippen LogP contribution in [0.15, 0.2) is 36.5 Å². The first-order valence-electron chi connectivity index (χ1n) is 5.31. The minimum absolute atomic E-state index is 0.179. The molecule has 1 aromatic heterocycles. The van der Waals surface area contributed by atoms with Crippen molar-refractivity contribution in [3.63, 3.8) is 0 Å². The number of benzene rings is 1. The maximum atomic E-state index is 13.0. The van der Waals surface area contributed by atoms with Crippen molar-refractivity contribution >= 4 is 5.97 Å². The molecule has 0 aliphatic rings. The van der Waals surface area contributed by atoms with Gasteiger partial charge in [-0.15, -0.1) is 0 Å². The number of ether oxygens (including phenoxy) is 2. The lowest BCUT2D eigenvalue weighted by atomic mass is 10.2. The molecule has 6 heteroatoms. The van der Waals surface area contributed by atoms with Crippen molar-refractivity contribution in [2.45, 2.75) is 0 Å². The highest BCUT2D eigenvalue weighted by Gasteiger charge is 2.15. The van der Waals surface area contributed by atoms with Gasteiger partial charge >= 0.3 is 5.97 Å². The van der Waals surface area contributed by atoms with Crippen LogP contribution in [0.3, 0.4) is 0 Å². The highest BCUT2D eigenvalue weighted by atomic mass is 19.1. The zero-order valence-corrected chi connectivity index (χ0v) is 9.96. The number of carboxylic acid groups (broad SMARTS) is 1. The van der Waals surface area contributed by atoms with Crippen molar-refractivity contribution in [1.82, 2.24) is 4.98 Å². The van der Waals surface area contributed by atoms with E-state index in [0.29, 0.717) is 11.5 Å². The Morgan fingerprint density at radius 2 is 2.05 bits per heavy atom. The fourth-order valence-corrected chi connectivity index (χ4v) is 1.44. The van der Waals surface area contributed by atoms with Gasteiger partial charge in [0.05, 0.1) is 13.3 Å². The van der Waals surface area contributed by atoms with Crippen LogP contribution < -0.4 is 9.47 Å². The zero-order chi connectivity index (χ0) is 13.8. The lowest BCUT2D eigenvalue weighted by Crippen LogP contribution is -2.03. The van der Waals surface area contributed by atoms with E-state index >= 15 is 0 Å². The van der Waals surface area contributed by atoms with Crippen LogP contribution in [-0.4, -0.2) is 23.2 Å². The molecule has 0 bridgehead atoms. The molecule has 1 N–H and O–H groups in total. The van der Waals surface area contributed by atoms with Gasteiger partial charge < -0.3 is 14.6 Å². The second kappa shape index (κ2) is 5.34. The number of nitrogens with zero attached hydrogens (tertiary/aromatic N) is 1. The molecule has 19 heavy (non-hydrogen) atoms. The molecule has 0 saturated carbocycles. The standard InChI is InChI=1S/C13H10FNO4/c1-18-9-3-2-4-10(6-9)19-12-11(13(16)17)5-8(14)7-15-12/h2-7H,1H3,(H,16,17). The number of methoxy groups -OCH3 is 1. The fourth-order valence-electron chi connectivity index (χ4n) is 1.44. The molecule has 98 valence electrons. The van der Waals surface area contributed by atoms with Crippen LogP contribution in [0.1, 0.15) is 10.4 Å². The molecular weight excluding hydrogens is 253 g/mol. The number of aromatic carboxylic acids is 1. The van der Waals surface area contributed by atoms with Gasteiger partial charge in [-0.1, -0.05) is 6.07 Å². The van der Waals surface area contributed by atoms with Crippen LogP contribution in [0.2, 0.25) is 0 Å². The summed E-state index contributed by atoms with van der Waals surface area (Å²) in [4.78, 5) is 14.6. The van der Waals surface area contributed by atoms with Gasteiger partial charge in [0.2, 0.25) is 5.88 Å². The number of hydrogen-bond donors (Lipinski definition) is 1. The monoisotopic (exact) mass is 263 g/mol. The van der Waals surface area contributed by atoms with E-state index in [-0.39, 0.29) is 11.4 Å². The summed E-state index contributed by atoms with van der Waals surface area (Å²) < 4.78 is 23.3. The predicted octanol–water partition coefficient (Wildman–Crippen LogP) is 2.72. The van der Waals surface area contributed by atoms with Crippen molar-refractivity contribution in [2.24, 2.45) is 0 Å². The van der Waals surface area contributed by atoms with Gasteiger partial charge in [0.15, 0.2) is 0 Å². The van der Waals surface area contributed by atoms with Gasteiger partial charge in [-0.05, 0) is 18.2 Å². The van der Waals surface area contributed by atoms with Gasteiger partial charge in [0, 0.05) is 6.07 Å². The van der Waals surface area contributed by atoms with E-state index in [4.69, 9.17) is 14.6 Å². The highest BCUT2D eigenvalue weighted by Crippen LogP contribution is 2.26. The minimum Gasteiger partial charge on any atom is -0.497 e. The summed E-state index contributed by atoms with van der Waals surface area (Å²) in [5, 5.41) is 8.96. The summed E-state index contributed by atoms with van der Waals surface area (Å²) in [6, 6.07) is 7.42. The van der Waals surface area contributed by atoms with Crippen LogP contribution in [-0.2, 0) is 0 Å². The van der Waals surface area contributed by atoms with E-state index in [1.165, 1.54) is 7.11 Å². The van der Waals surface area contributed by atoms with E-state index < -0.39 is 11.8 Å². The Kier molecular flexibility index (Phi) is 3.61. The molecule has 5 nitrogen and oxygen atoms in total. The molecule has 0 amide bonds. The first-order chi connectivity index (χ1) is 9.10. The number of carbonyl (C=O) groups is 1. The van der Waals surface area contributed by atoms with E-state index in [2.05, 4.69) is 4.98 Å². The number of hydrogen-bond acceptors (Lipinski definition) is 4. The molecule has 0 atom stereocenters. The first-order valence-corrected chi connectivity index (χ1v) is 5.31. The quantitative estimate of drug-likeness (QED) is 0.918. The Morgan fingerprint density at radius 1 is 1.32 bits per heavy atom. The highest BCUT2D eigenvalue weighted by molar-refractivity contribution is 5.90. The zero-order valence-electron chi connectivity index (χ0n) is 9.96. The number of pyridine rings is 1. The second-order valence-electron chi connectivity index (χ2n) is 3.59. The molecule has 0 aliphatic carbocycles. The van der Waals surface area contributed by atoms with Crippen LogP contribution in [0.4, 0.5) is 4.39 Å². The third kappa shape index (κ3) is 2.98. The molecule has 2 rings (SSSR count). The van der Waals surface area contributed by atoms with Crippen molar-refractivity contribution in [3.05, 3.63) is 47.9 Å². The van der Waals surface area contributed by atoms with E-state index in [1.807, 2.05) is 0 Å². The summed E-state index contributed by atoms with van der Waals surface area (Å²) in [6.45, 7) is 0. The molecule has 0 spiro atoms. The average molecular weight is 263 g/mol. The minimum atomic E-state index is -1.31. The number of halogens is 1. The third-order valence-corrected chi connectivity index (χ3v) is 2.30. The molecular formula is C13H10FNO4. The van der Waals surface area contributed by atoms with Crippen LogP contribution in [0.25, 0.3) is 0 Å². The maximum absolute atomic E-state index is 13.0. The van der Waals surface area contributed by atoms with Gasteiger partial charge in [0.1, 0.15) is 22.9 Å².